The van der Waals surface area contributed by atoms with Crippen molar-refractivity contribution in [3.63, 3.8) is 0 Å². The zero-order chi connectivity index (χ0) is 33.9. The Morgan fingerprint density at radius 1 is 1.00 bits per heavy atom. The van der Waals surface area contributed by atoms with Gasteiger partial charge in [-0.25, -0.2) is 4.68 Å². The Morgan fingerprint density at radius 2 is 1.77 bits per heavy atom. The maximum Gasteiger partial charge on any atom is 0.255 e. The number of methoxy groups -OCH3 is 1. The summed E-state index contributed by atoms with van der Waals surface area (Å²) in [5.41, 5.74) is 5.22. The quantitative estimate of drug-likeness (QED) is 0.136. The number of para-hydroxylation sites is 1. The number of carbonyl (C=O) groups is 1. The van der Waals surface area contributed by atoms with Crippen LogP contribution in [0.15, 0.2) is 99.8 Å². The molecule has 5 aromatic rings. The minimum absolute atomic E-state index is 0.181. The third-order valence-corrected chi connectivity index (χ3v) is 10.2. The van der Waals surface area contributed by atoms with Crippen molar-refractivity contribution in [1.82, 2.24) is 14.8 Å². The summed E-state index contributed by atoms with van der Waals surface area (Å²) in [5, 5.41) is 13.5. The second kappa shape index (κ2) is 14.8. The fraction of sp³-hybridized carbons (Fsp3) is 0.171. The van der Waals surface area contributed by atoms with Crippen LogP contribution in [-0.2, 0) is 17.2 Å². The minimum Gasteiger partial charge on any atom is -0.493 e. The molecule has 0 saturated heterocycles. The van der Waals surface area contributed by atoms with Gasteiger partial charge in [-0.15, -0.1) is 5.10 Å². The summed E-state index contributed by atoms with van der Waals surface area (Å²) in [4.78, 5) is 18.9. The van der Waals surface area contributed by atoms with Gasteiger partial charge >= 0.3 is 0 Å². The van der Waals surface area contributed by atoms with Gasteiger partial charge in [-0.1, -0.05) is 89.0 Å². The smallest absolute Gasteiger partial charge is 0.255 e. The molecule has 8 nitrogen and oxygen atoms in total. The molecule has 0 spiro atoms. The summed E-state index contributed by atoms with van der Waals surface area (Å²) in [6, 6.07) is 23.6. The highest BCUT2D eigenvalue weighted by Gasteiger charge is 2.35. The van der Waals surface area contributed by atoms with E-state index >= 15 is 0 Å². The lowest BCUT2D eigenvalue weighted by Crippen LogP contribution is -2.31. The molecule has 1 amide bonds. The van der Waals surface area contributed by atoms with Gasteiger partial charge in [0, 0.05) is 37.8 Å². The number of nitrogens with zero attached hydrogens (tertiary/aromatic N) is 3. The van der Waals surface area contributed by atoms with E-state index in [1.54, 1.807) is 23.9 Å². The molecule has 4 aromatic carbocycles. The molecule has 1 aliphatic heterocycles. The summed E-state index contributed by atoms with van der Waals surface area (Å²) in [7, 11) is 1.56. The number of halogens is 4. The number of fused-ring (bicyclic) bond motifs is 1. The third kappa shape index (κ3) is 7.33. The number of nitrogens with one attached hydrogen (secondary N) is 2. The third-order valence-electron chi connectivity index (χ3n) is 7.74. The van der Waals surface area contributed by atoms with Crippen LogP contribution >= 0.6 is 62.5 Å². The van der Waals surface area contributed by atoms with Crippen LogP contribution in [0, 0.1) is 6.92 Å². The van der Waals surface area contributed by atoms with Gasteiger partial charge in [0.1, 0.15) is 12.6 Å². The molecule has 6 rings (SSSR count). The largest absolute Gasteiger partial charge is 0.493 e. The average Bonchev–Trinajstić information content (AvgIpc) is 3.46. The molecule has 48 heavy (non-hydrogen) atoms. The number of aryl methyl sites for hydroxylation is 1. The van der Waals surface area contributed by atoms with E-state index in [9.17, 15) is 4.79 Å². The maximum atomic E-state index is 14.1. The number of hydrogen-bond donors (Lipinski definition) is 2. The van der Waals surface area contributed by atoms with Crippen molar-refractivity contribution < 1.29 is 14.3 Å². The summed E-state index contributed by atoms with van der Waals surface area (Å²) in [6.07, 6.45) is 0. The molecule has 1 atom stereocenters. The lowest BCUT2D eigenvalue weighted by Gasteiger charge is -2.29. The Labute approximate surface area is 305 Å². The molecule has 1 aliphatic rings. The molecule has 2 heterocycles. The number of hydrogen-bond acceptors (Lipinski definition) is 7. The van der Waals surface area contributed by atoms with E-state index in [1.165, 1.54) is 11.8 Å². The molecule has 2 N–H and O–H groups in total. The first-order valence-corrected chi connectivity index (χ1v) is 17.7. The van der Waals surface area contributed by atoms with Crippen LogP contribution in [0.4, 0.5) is 11.6 Å². The van der Waals surface area contributed by atoms with E-state index in [2.05, 4.69) is 26.6 Å². The van der Waals surface area contributed by atoms with Crippen molar-refractivity contribution in [3.8, 4) is 11.5 Å². The molecule has 0 saturated carbocycles. The van der Waals surface area contributed by atoms with Gasteiger partial charge in [0.2, 0.25) is 11.1 Å². The number of benzene rings is 4. The Hall–Kier alpha value is -3.67. The Morgan fingerprint density at radius 3 is 2.52 bits per heavy atom. The normalized spacial score (nSPS) is 13.9. The summed E-state index contributed by atoms with van der Waals surface area (Å²) in [5.74, 6) is 1.72. The van der Waals surface area contributed by atoms with Crippen LogP contribution in [0.1, 0.15) is 35.2 Å². The van der Waals surface area contributed by atoms with Gasteiger partial charge in [0.05, 0.1) is 17.2 Å². The van der Waals surface area contributed by atoms with Crippen LogP contribution in [0.25, 0.3) is 0 Å². The van der Waals surface area contributed by atoms with Crippen molar-refractivity contribution >= 4 is 80.0 Å². The Kier molecular flexibility index (Phi) is 10.6. The number of carbonyl (C=O) groups excluding carboxylic acids is 1. The van der Waals surface area contributed by atoms with Gasteiger partial charge in [-0.2, -0.15) is 4.98 Å². The van der Waals surface area contributed by atoms with Gasteiger partial charge in [-0.05, 0) is 82.9 Å². The van der Waals surface area contributed by atoms with E-state index in [4.69, 9.17) is 54.4 Å². The van der Waals surface area contributed by atoms with Crippen molar-refractivity contribution in [2.45, 2.75) is 37.4 Å². The monoisotopic (exact) mass is 783 g/mol. The number of aromatic nitrogens is 3. The number of thioether (sulfide) groups is 1. The number of rotatable bonds is 10. The van der Waals surface area contributed by atoms with Gasteiger partial charge < -0.3 is 20.1 Å². The van der Waals surface area contributed by atoms with E-state index in [0.717, 1.165) is 22.3 Å². The minimum atomic E-state index is -0.669. The molecule has 1 aromatic heterocycles. The molecule has 0 bridgehead atoms. The number of ether oxygens (including phenoxy) is 2. The van der Waals surface area contributed by atoms with E-state index in [1.807, 2.05) is 80.6 Å². The zero-order valence-electron chi connectivity index (χ0n) is 26.0. The molecular formula is C35H29BrCl3N5O3S. The van der Waals surface area contributed by atoms with Gasteiger partial charge in [-0.3, -0.25) is 4.79 Å². The predicted octanol–water partition coefficient (Wildman–Crippen LogP) is 10.1. The summed E-state index contributed by atoms with van der Waals surface area (Å²) in [6.45, 7) is 3.98. The first kappa shape index (κ1) is 34.2. The summed E-state index contributed by atoms with van der Waals surface area (Å²) >= 11 is 24.0. The topological polar surface area (TPSA) is 90.3 Å². The van der Waals surface area contributed by atoms with E-state index in [0.29, 0.717) is 64.9 Å². The molecule has 13 heteroatoms. The van der Waals surface area contributed by atoms with Crippen molar-refractivity contribution in [3.05, 3.63) is 132 Å². The zero-order valence-corrected chi connectivity index (χ0v) is 30.7. The molecule has 0 aliphatic carbocycles. The number of anilines is 2. The lowest BCUT2D eigenvalue weighted by atomic mass is 9.94. The highest BCUT2D eigenvalue weighted by molar-refractivity contribution is 9.10. The standard InChI is InChI=1S/C35H29BrCl3N5O3S/c1-19-8-4-7-11-28(19)41-33(45)30-20(2)40-34-42-35(48-18-22-9-5-6-10-26(22)38)43-44(34)31(30)23-14-25(36)32(29(15-23)46-3)47-17-21-12-13-24(37)16-27(21)39/h4-16,31H,17-18H2,1-3H3,(H,41,45)(H,40,42,43). The van der Waals surface area contributed by atoms with Crippen LogP contribution < -0.4 is 20.1 Å². The van der Waals surface area contributed by atoms with E-state index < -0.39 is 6.04 Å². The molecule has 0 radical (unpaired) electrons. The van der Waals surface area contributed by atoms with Crippen LogP contribution in [0.2, 0.25) is 15.1 Å². The lowest BCUT2D eigenvalue weighted by molar-refractivity contribution is -0.113. The second-order valence-corrected chi connectivity index (χ2v) is 14.0. The molecular weight excluding hydrogens is 757 g/mol. The number of allylic oxidation sites excluding steroid dienone is 1. The van der Waals surface area contributed by atoms with Crippen molar-refractivity contribution in [2.75, 3.05) is 17.7 Å². The van der Waals surface area contributed by atoms with Gasteiger partial charge in [0.15, 0.2) is 11.5 Å². The first-order valence-electron chi connectivity index (χ1n) is 14.7. The fourth-order valence-corrected chi connectivity index (χ4v) is 7.43. The molecule has 0 fully saturated rings. The van der Waals surface area contributed by atoms with E-state index in [-0.39, 0.29) is 12.5 Å². The predicted molar refractivity (Wildman–Crippen MR) is 197 cm³/mol. The van der Waals surface area contributed by atoms with Crippen molar-refractivity contribution in [2.24, 2.45) is 0 Å². The highest BCUT2D eigenvalue weighted by atomic mass is 79.9. The molecule has 1 unspecified atom stereocenters. The summed E-state index contributed by atoms with van der Waals surface area (Å²) < 4.78 is 14.4. The second-order valence-electron chi connectivity index (χ2n) is 10.9. The molecule has 246 valence electrons. The Balaban J connectivity index is 1.38. The van der Waals surface area contributed by atoms with Crippen LogP contribution in [0.3, 0.4) is 0 Å². The van der Waals surface area contributed by atoms with Crippen LogP contribution in [-0.4, -0.2) is 27.8 Å². The maximum absolute atomic E-state index is 14.1. The van der Waals surface area contributed by atoms with Crippen molar-refractivity contribution in [1.29, 1.82) is 0 Å². The highest BCUT2D eigenvalue weighted by Crippen LogP contribution is 2.44. The fourth-order valence-electron chi connectivity index (χ4n) is 5.28. The average molecular weight is 786 g/mol. The van der Waals surface area contributed by atoms with Crippen LogP contribution in [0.5, 0.6) is 11.5 Å². The van der Waals surface area contributed by atoms with Gasteiger partial charge in [0.25, 0.3) is 5.91 Å². The number of amides is 1. The Bertz CT molecular complexity index is 2050. The first-order chi connectivity index (χ1) is 23.1. The SMILES string of the molecule is COc1cc(C2C(C(=O)Nc3ccccc3C)=C(C)Nc3nc(SCc4ccccc4Cl)nn32)cc(Br)c1OCc1ccc(Cl)cc1Cl.